The zero-order valence-electron chi connectivity index (χ0n) is 6.61. The van der Waals surface area contributed by atoms with Crippen LogP contribution in [0.5, 0.6) is 0 Å². The van der Waals surface area contributed by atoms with Crippen molar-refractivity contribution in [1.82, 2.24) is 0 Å². The zero-order chi connectivity index (χ0) is 8.10. The minimum atomic E-state index is 0.210. The summed E-state index contributed by atoms with van der Waals surface area (Å²) >= 11 is 3.15. The van der Waals surface area contributed by atoms with E-state index in [1.54, 1.807) is 0 Å². The Balaban J connectivity index is 2.43. The highest BCUT2D eigenvalue weighted by Gasteiger charge is 2.06. The van der Waals surface area contributed by atoms with E-state index in [4.69, 9.17) is 0 Å². The van der Waals surface area contributed by atoms with Crippen LogP contribution in [0.3, 0.4) is 0 Å². The number of ketones is 1. The minimum Gasteiger partial charge on any atom is -0.294 e. The van der Waals surface area contributed by atoms with E-state index in [9.17, 15) is 4.79 Å². The molecule has 0 unspecified atom stereocenters. The van der Waals surface area contributed by atoms with Crippen molar-refractivity contribution in [1.29, 1.82) is 0 Å². The molecule has 1 nitrogen and oxygen atoms in total. The highest BCUT2D eigenvalue weighted by Crippen LogP contribution is 2.22. The number of hydrogen-bond donors (Lipinski definition) is 0. The van der Waals surface area contributed by atoms with Crippen LogP contribution in [0.4, 0.5) is 0 Å². The maximum Gasteiger partial charge on any atom is 0.166 e. The summed E-state index contributed by atoms with van der Waals surface area (Å²) in [5.41, 5.74) is 1.35. The molecule has 1 aliphatic carbocycles. The molecular formula is C9H13BrO. The number of hydrogen-bond acceptors (Lipinski definition) is 1. The first-order chi connectivity index (χ1) is 5.33. The summed E-state index contributed by atoms with van der Waals surface area (Å²) in [4.78, 5) is 11.0. The van der Waals surface area contributed by atoms with Gasteiger partial charge >= 0.3 is 0 Å². The molecule has 1 aliphatic rings. The Bertz CT molecular complexity index is 164. The predicted octanol–water partition coefficient (Wildman–Crippen LogP) is 2.84. The number of halogens is 1. The van der Waals surface area contributed by atoms with Gasteiger partial charge in [-0.2, -0.15) is 0 Å². The van der Waals surface area contributed by atoms with Crippen molar-refractivity contribution in [2.45, 2.75) is 32.1 Å². The maximum atomic E-state index is 11.0. The second kappa shape index (κ2) is 4.70. The minimum absolute atomic E-state index is 0.210. The summed E-state index contributed by atoms with van der Waals surface area (Å²) in [5, 5.41) is 0.469. The molecule has 0 saturated heterocycles. The molecule has 0 bridgehead atoms. The third kappa shape index (κ3) is 3.19. The largest absolute Gasteiger partial charge is 0.294 e. The third-order valence-electron chi connectivity index (χ3n) is 1.99. The van der Waals surface area contributed by atoms with E-state index in [0.717, 1.165) is 12.8 Å². The van der Waals surface area contributed by atoms with Crippen LogP contribution in [0.25, 0.3) is 0 Å². The van der Waals surface area contributed by atoms with E-state index in [-0.39, 0.29) is 5.78 Å². The van der Waals surface area contributed by atoms with Crippen molar-refractivity contribution in [3.05, 3.63) is 11.6 Å². The van der Waals surface area contributed by atoms with Crippen LogP contribution >= 0.6 is 15.9 Å². The van der Waals surface area contributed by atoms with Gasteiger partial charge in [0.1, 0.15) is 0 Å². The molecule has 2 heteroatoms. The lowest BCUT2D eigenvalue weighted by Gasteiger charge is -2.12. The smallest absolute Gasteiger partial charge is 0.166 e. The van der Waals surface area contributed by atoms with E-state index in [1.807, 2.05) is 6.08 Å². The molecule has 0 atom stereocenters. The molecule has 0 amide bonds. The Hall–Kier alpha value is -0.110. The number of alkyl halides is 1. The van der Waals surface area contributed by atoms with E-state index in [2.05, 4.69) is 15.9 Å². The number of carbonyl (C=O) groups is 1. The third-order valence-corrected chi connectivity index (χ3v) is 2.55. The van der Waals surface area contributed by atoms with Gasteiger partial charge < -0.3 is 0 Å². The van der Waals surface area contributed by atoms with Crippen LogP contribution in [0, 0.1) is 0 Å². The zero-order valence-corrected chi connectivity index (χ0v) is 8.19. The van der Waals surface area contributed by atoms with Gasteiger partial charge in [-0.3, -0.25) is 4.79 Å². The molecule has 11 heavy (non-hydrogen) atoms. The number of carbonyl (C=O) groups excluding carboxylic acids is 1. The van der Waals surface area contributed by atoms with Gasteiger partial charge in [0.15, 0.2) is 5.78 Å². The first-order valence-electron chi connectivity index (χ1n) is 4.11. The molecule has 0 N–H and O–H groups in total. The maximum absolute atomic E-state index is 11.0. The summed E-state index contributed by atoms with van der Waals surface area (Å²) in [5.74, 6) is 0.210. The molecule has 0 aromatic rings. The van der Waals surface area contributed by atoms with Gasteiger partial charge in [-0.05, 0) is 31.8 Å². The fourth-order valence-electron chi connectivity index (χ4n) is 1.42. The molecule has 1 saturated carbocycles. The predicted molar refractivity (Wildman–Crippen MR) is 50.0 cm³/mol. The van der Waals surface area contributed by atoms with Crippen molar-refractivity contribution >= 4 is 21.7 Å². The Labute approximate surface area is 76.0 Å². The number of allylic oxidation sites excluding steroid dienone is 2. The molecule has 0 aromatic carbocycles. The Morgan fingerprint density at radius 2 is 2.00 bits per heavy atom. The van der Waals surface area contributed by atoms with Gasteiger partial charge in [-0.1, -0.05) is 27.9 Å². The lowest BCUT2D eigenvalue weighted by atomic mass is 9.94. The van der Waals surface area contributed by atoms with Gasteiger partial charge in [0.25, 0.3) is 0 Å². The summed E-state index contributed by atoms with van der Waals surface area (Å²) in [6, 6.07) is 0. The van der Waals surface area contributed by atoms with Crippen molar-refractivity contribution in [2.24, 2.45) is 0 Å². The van der Waals surface area contributed by atoms with E-state index in [1.165, 1.54) is 24.8 Å². The average Bonchev–Trinajstić information content (AvgIpc) is 2.06. The molecule has 1 rings (SSSR count). The van der Waals surface area contributed by atoms with Crippen LogP contribution in [0.2, 0.25) is 0 Å². The van der Waals surface area contributed by atoms with Crippen molar-refractivity contribution in [2.75, 3.05) is 5.33 Å². The van der Waals surface area contributed by atoms with E-state index < -0.39 is 0 Å². The Kier molecular flexibility index (Phi) is 3.84. The van der Waals surface area contributed by atoms with Crippen molar-refractivity contribution in [3.8, 4) is 0 Å². The Morgan fingerprint density at radius 3 is 2.55 bits per heavy atom. The lowest BCUT2D eigenvalue weighted by Crippen LogP contribution is -1.99. The fraction of sp³-hybridized carbons (Fsp3) is 0.667. The van der Waals surface area contributed by atoms with Gasteiger partial charge in [0.05, 0.1) is 5.33 Å². The second-order valence-corrected chi connectivity index (χ2v) is 3.52. The van der Waals surface area contributed by atoms with Gasteiger partial charge in [0, 0.05) is 0 Å². The molecule has 0 aliphatic heterocycles. The number of rotatable bonds is 2. The van der Waals surface area contributed by atoms with Crippen LogP contribution in [0.15, 0.2) is 11.6 Å². The van der Waals surface area contributed by atoms with Crippen molar-refractivity contribution in [3.63, 3.8) is 0 Å². The van der Waals surface area contributed by atoms with Crippen LogP contribution in [-0.2, 0) is 4.79 Å². The van der Waals surface area contributed by atoms with Crippen LogP contribution in [-0.4, -0.2) is 11.1 Å². The van der Waals surface area contributed by atoms with Crippen LogP contribution < -0.4 is 0 Å². The molecular weight excluding hydrogens is 204 g/mol. The van der Waals surface area contributed by atoms with Crippen molar-refractivity contribution < 1.29 is 4.79 Å². The monoisotopic (exact) mass is 216 g/mol. The lowest BCUT2D eigenvalue weighted by molar-refractivity contribution is -0.112. The second-order valence-electron chi connectivity index (χ2n) is 2.96. The standard InChI is InChI=1S/C9H13BrO/c10-7-9(11)6-8-4-2-1-3-5-8/h6H,1-5,7H2. The van der Waals surface area contributed by atoms with Crippen LogP contribution in [0.1, 0.15) is 32.1 Å². The SMILES string of the molecule is O=C(C=C1CCCCC1)CBr. The fourth-order valence-corrected chi connectivity index (χ4v) is 1.58. The average molecular weight is 217 g/mol. The summed E-state index contributed by atoms with van der Waals surface area (Å²) in [7, 11) is 0. The first-order valence-corrected chi connectivity index (χ1v) is 5.23. The summed E-state index contributed by atoms with van der Waals surface area (Å²) < 4.78 is 0. The van der Waals surface area contributed by atoms with E-state index in [0.29, 0.717) is 5.33 Å². The molecule has 0 spiro atoms. The molecule has 0 aromatic heterocycles. The van der Waals surface area contributed by atoms with E-state index >= 15 is 0 Å². The normalized spacial score (nSPS) is 18.1. The molecule has 62 valence electrons. The summed E-state index contributed by atoms with van der Waals surface area (Å²) in [6.45, 7) is 0. The summed E-state index contributed by atoms with van der Waals surface area (Å²) in [6.07, 6.45) is 7.95. The van der Waals surface area contributed by atoms with Gasteiger partial charge in [-0.25, -0.2) is 0 Å². The Morgan fingerprint density at radius 1 is 1.36 bits per heavy atom. The first kappa shape index (κ1) is 8.98. The topological polar surface area (TPSA) is 17.1 Å². The highest BCUT2D eigenvalue weighted by molar-refractivity contribution is 9.09. The van der Waals surface area contributed by atoms with Gasteiger partial charge in [0.2, 0.25) is 0 Å². The molecule has 1 fully saturated rings. The molecule has 0 radical (unpaired) electrons. The highest BCUT2D eigenvalue weighted by atomic mass is 79.9. The quantitative estimate of drug-likeness (QED) is 0.513. The molecule has 0 heterocycles. The van der Waals surface area contributed by atoms with Gasteiger partial charge in [-0.15, -0.1) is 0 Å².